The van der Waals surface area contributed by atoms with Crippen LogP contribution < -0.4 is 10.1 Å². The van der Waals surface area contributed by atoms with Gasteiger partial charge in [-0.25, -0.2) is 0 Å². The van der Waals surface area contributed by atoms with Gasteiger partial charge >= 0.3 is 0 Å². The lowest BCUT2D eigenvalue weighted by molar-refractivity contribution is -0.116. The zero-order valence-corrected chi connectivity index (χ0v) is 15.3. The number of nitrogens with zero attached hydrogens (tertiary/aromatic N) is 1. The zero-order valence-electron chi connectivity index (χ0n) is 14.6. The van der Waals surface area contributed by atoms with Crippen molar-refractivity contribution in [2.24, 2.45) is 0 Å². The van der Waals surface area contributed by atoms with Crippen LogP contribution in [0.1, 0.15) is 23.2 Å². The van der Waals surface area contributed by atoms with Crippen LogP contribution in [0.3, 0.4) is 0 Å². The third kappa shape index (κ3) is 4.95. The minimum Gasteiger partial charge on any atom is -0.497 e. The normalized spacial score (nSPS) is 10.4. The van der Waals surface area contributed by atoms with E-state index in [1.807, 2.05) is 0 Å². The third-order valence-corrected chi connectivity index (χ3v) is 4.14. The number of halogens is 1. The molecule has 0 fully saturated rings. The molecule has 0 aliphatic rings. The Morgan fingerprint density at radius 1 is 1.11 bits per heavy atom. The van der Waals surface area contributed by atoms with Crippen LogP contribution in [-0.4, -0.2) is 24.0 Å². The van der Waals surface area contributed by atoms with Gasteiger partial charge in [-0.15, -0.1) is 0 Å². The molecule has 0 atom stereocenters. The highest BCUT2D eigenvalue weighted by molar-refractivity contribution is 6.30. The molecule has 0 saturated heterocycles. The van der Waals surface area contributed by atoms with Crippen molar-refractivity contribution in [3.63, 3.8) is 0 Å². The number of benzene rings is 2. The second-order valence-electron chi connectivity index (χ2n) is 5.79. The van der Waals surface area contributed by atoms with Crippen molar-refractivity contribution in [3.8, 4) is 17.0 Å². The van der Waals surface area contributed by atoms with Crippen LogP contribution in [-0.2, 0) is 4.79 Å². The molecule has 1 N–H and O–H groups in total. The van der Waals surface area contributed by atoms with Crippen molar-refractivity contribution in [2.75, 3.05) is 12.4 Å². The molecular formula is C20H17ClN2O4. The van der Waals surface area contributed by atoms with Gasteiger partial charge in [-0.3, -0.25) is 14.9 Å². The summed E-state index contributed by atoms with van der Waals surface area (Å²) in [4.78, 5) is 24.3. The summed E-state index contributed by atoms with van der Waals surface area (Å²) in [6.07, 6.45) is 0.115. The molecule has 6 nitrogen and oxygen atoms in total. The molecule has 0 radical (unpaired) electrons. The van der Waals surface area contributed by atoms with Crippen molar-refractivity contribution in [2.45, 2.75) is 12.8 Å². The van der Waals surface area contributed by atoms with Crippen molar-refractivity contribution in [3.05, 3.63) is 65.2 Å². The quantitative estimate of drug-likeness (QED) is 0.602. The Bertz CT molecular complexity index is 951. The first kappa shape index (κ1) is 18.7. The highest BCUT2D eigenvalue weighted by Gasteiger charge is 2.13. The average Bonchev–Trinajstić information content (AvgIpc) is 3.15. The predicted molar refractivity (Wildman–Crippen MR) is 102 cm³/mol. The van der Waals surface area contributed by atoms with Crippen LogP contribution in [0.5, 0.6) is 5.75 Å². The molecule has 1 heterocycles. The molecule has 0 unspecified atom stereocenters. The molecule has 138 valence electrons. The maximum atomic E-state index is 12.2. The van der Waals surface area contributed by atoms with Gasteiger partial charge in [-0.05, 0) is 24.3 Å². The molecule has 1 aromatic heterocycles. The fraction of sp³-hybridized carbons (Fsp3) is 0.150. The number of nitrogens with one attached hydrogen (secondary N) is 1. The number of methoxy groups -OCH3 is 1. The molecule has 3 rings (SSSR count). The average molecular weight is 385 g/mol. The van der Waals surface area contributed by atoms with Gasteiger partial charge in [0, 0.05) is 35.1 Å². The summed E-state index contributed by atoms with van der Waals surface area (Å²) in [5.74, 6) is 0.356. The van der Waals surface area contributed by atoms with Gasteiger partial charge in [0.05, 0.1) is 7.11 Å². The van der Waals surface area contributed by atoms with Gasteiger partial charge in [0.1, 0.15) is 11.4 Å². The molecule has 0 aliphatic heterocycles. The SMILES string of the molecule is COc1cccc(C(=O)CCC(=O)Nc2cc(-c3ccc(Cl)cc3)no2)c1. The summed E-state index contributed by atoms with van der Waals surface area (Å²) >= 11 is 5.86. The van der Waals surface area contributed by atoms with E-state index in [0.29, 0.717) is 22.0 Å². The highest BCUT2D eigenvalue weighted by atomic mass is 35.5. The van der Waals surface area contributed by atoms with Gasteiger partial charge in [-0.1, -0.05) is 41.0 Å². The highest BCUT2D eigenvalue weighted by Crippen LogP contribution is 2.23. The summed E-state index contributed by atoms with van der Waals surface area (Å²) in [5.41, 5.74) is 1.90. The summed E-state index contributed by atoms with van der Waals surface area (Å²) in [5, 5.41) is 7.14. The lowest BCUT2D eigenvalue weighted by Crippen LogP contribution is -2.13. The van der Waals surface area contributed by atoms with E-state index in [2.05, 4.69) is 10.5 Å². The number of carbonyl (C=O) groups excluding carboxylic acids is 2. The third-order valence-electron chi connectivity index (χ3n) is 3.88. The van der Waals surface area contributed by atoms with Crippen LogP contribution in [0, 0.1) is 0 Å². The molecule has 1 amide bonds. The van der Waals surface area contributed by atoms with E-state index in [0.717, 1.165) is 5.56 Å². The standard InChI is InChI=1S/C20H17ClN2O4/c1-26-16-4-2-3-14(11-16)18(24)9-10-19(25)22-20-12-17(23-27-20)13-5-7-15(21)8-6-13/h2-8,11-12H,9-10H2,1H3,(H,22,25). The Morgan fingerprint density at radius 2 is 1.89 bits per heavy atom. The largest absolute Gasteiger partial charge is 0.497 e. The number of carbonyl (C=O) groups is 2. The number of amides is 1. The first-order valence-electron chi connectivity index (χ1n) is 8.25. The van der Waals surface area contributed by atoms with Crippen LogP contribution >= 0.6 is 11.6 Å². The molecule has 3 aromatic rings. The number of hydrogen-bond acceptors (Lipinski definition) is 5. The summed E-state index contributed by atoms with van der Waals surface area (Å²) < 4.78 is 10.2. The van der Waals surface area contributed by atoms with Gasteiger partial charge in [-0.2, -0.15) is 0 Å². The fourth-order valence-corrected chi connectivity index (χ4v) is 2.58. The number of aromatic nitrogens is 1. The van der Waals surface area contributed by atoms with E-state index in [9.17, 15) is 9.59 Å². The van der Waals surface area contributed by atoms with Crippen molar-refractivity contribution in [1.29, 1.82) is 0 Å². The minimum absolute atomic E-state index is 0.0347. The monoisotopic (exact) mass is 384 g/mol. The second-order valence-corrected chi connectivity index (χ2v) is 6.22. The van der Waals surface area contributed by atoms with Crippen molar-refractivity contribution in [1.82, 2.24) is 5.16 Å². The van der Waals surface area contributed by atoms with Crippen LogP contribution in [0.2, 0.25) is 5.02 Å². The Morgan fingerprint density at radius 3 is 2.63 bits per heavy atom. The molecule has 2 aromatic carbocycles. The first-order chi connectivity index (χ1) is 13.0. The van der Waals surface area contributed by atoms with Crippen molar-refractivity contribution < 1.29 is 18.8 Å². The van der Waals surface area contributed by atoms with E-state index in [-0.39, 0.29) is 30.4 Å². The Kier molecular flexibility index (Phi) is 5.88. The number of hydrogen-bond donors (Lipinski definition) is 1. The molecule has 0 saturated carbocycles. The lowest BCUT2D eigenvalue weighted by atomic mass is 10.1. The second kappa shape index (κ2) is 8.51. The van der Waals surface area contributed by atoms with E-state index >= 15 is 0 Å². The van der Waals surface area contributed by atoms with Crippen molar-refractivity contribution >= 4 is 29.2 Å². The number of Topliss-reactive ketones (excluding diaryl/α,β-unsaturated/α-hetero) is 1. The molecule has 0 bridgehead atoms. The lowest BCUT2D eigenvalue weighted by Gasteiger charge is -2.04. The zero-order chi connectivity index (χ0) is 19.2. The van der Waals surface area contributed by atoms with Crippen LogP contribution in [0.15, 0.2) is 59.1 Å². The molecular weight excluding hydrogens is 368 g/mol. The molecule has 0 aliphatic carbocycles. The van der Waals surface area contributed by atoms with Gasteiger partial charge in [0.2, 0.25) is 11.8 Å². The Balaban J connectivity index is 1.55. The van der Waals surface area contributed by atoms with Crippen LogP contribution in [0.25, 0.3) is 11.3 Å². The topological polar surface area (TPSA) is 81.4 Å². The number of rotatable bonds is 7. The molecule has 0 spiro atoms. The summed E-state index contributed by atoms with van der Waals surface area (Å²) in [7, 11) is 1.53. The Labute approximate surface area is 161 Å². The minimum atomic E-state index is -0.329. The van der Waals surface area contributed by atoms with Gasteiger partial charge in [0.25, 0.3) is 0 Å². The molecule has 27 heavy (non-hydrogen) atoms. The smallest absolute Gasteiger partial charge is 0.231 e. The predicted octanol–water partition coefficient (Wildman–Crippen LogP) is 4.61. The number of ether oxygens (including phenoxy) is 1. The Hall–Kier alpha value is -3.12. The fourth-order valence-electron chi connectivity index (χ4n) is 2.46. The number of anilines is 1. The summed E-state index contributed by atoms with van der Waals surface area (Å²) in [6.45, 7) is 0. The maximum Gasteiger partial charge on any atom is 0.231 e. The van der Waals surface area contributed by atoms with Crippen LogP contribution in [0.4, 0.5) is 5.88 Å². The van der Waals surface area contributed by atoms with E-state index < -0.39 is 0 Å². The van der Waals surface area contributed by atoms with E-state index in [1.165, 1.54) is 7.11 Å². The van der Waals surface area contributed by atoms with E-state index in [4.69, 9.17) is 20.9 Å². The maximum absolute atomic E-state index is 12.2. The van der Waals surface area contributed by atoms with Gasteiger partial charge < -0.3 is 9.26 Å². The molecule has 7 heteroatoms. The van der Waals surface area contributed by atoms with Gasteiger partial charge in [0.15, 0.2) is 5.78 Å². The van der Waals surface area contributed by atoms with E-state index in [1.54, 1.807) is 54.6 Å². The first-order valence-corrected chi connectivity index (χ1v) is 8.63. The summed E-state index contributed by atoms with van der Waals surface area (Å²) in [6, 6.07) is 15.5. The number of ketones is 1.